The van der Waals surface area contributed by atoms with Gasteiger partial charge in [-0.05, 0) is 87.6 Å². The summed E-state index contributed by atoms with van der Waals surface area (Å²) in [6, 6.07) is 9.55. The van der Waals surface area contributed by atoms with Gasteiger partial charge in [0.25, 0.3) is 0 Å². The zero-order valence-electron chi connectivity index (χ0n) is 20.9. The maximum Gasteiger partial charge on any atom is 0.307 e. The van der Waals surface area contributed by atoms with Crippen LogP contribution < -0.4 is 14.8 Å². The van der Waals surface area contributed by atoms with E-state index in [1.54, 1.807) is 6.92 Å². The van der Waals surface area contributed by atoms with Gasteiger partial charge >= 0.3 is 5.97 Å². The second kappa shape index (κ2) is 11.9. The van der Waals surface area contributed by atoms with Gasteiger partial charge in [-0.15, -0.1) is 0 Å². The van der Waals surface area contributed by atoms with E-state index in [1.165, 1.54) is 5.56 Å². The Morgan fingerprint density at radius 2 is 1.68 bits per heavy atom. The molecule has 1 aliphatic rings. The Hall–Kier alpha value is -3.06. The number of esters is 1. The lowest BCUT2D eigenvalue weighted by atomic mass is 9.90. The first-order valence-corrected chi connectivity index (χ1v) is 12.0. The summed E-state index contributed by atoms with van der Waals surface area (Å²) >= 11 is 0. The second-order valence-electron chi connectivity index (χ2n) is 8.46. The van der Waals surface area contributed by atoms with Gasteiger partial charge in [-0.25, -0.2) is 0 Å². The molecule has 1 atom stereocenters. The van der Waals surface area contributed by atoms with Gasteiger partial charge in [-0.3, -0.25) is 14.5 Å². The summed E-state index contributed by atoms with van der Waals surface area (Å²) in [5.74, 6) is 0.959. The third-order valence-corrected chi connectivity index (χ3v) is 6.08. The van der Waals surface area contributed by atoms with Crippen molar-refractivity contribution in [3.05, 3.63) is 52.6 Å². The van der Waals surface area contributed by atoms with Crippen LogP contribution in [0.4, 0.5) is 5.69 Å². The molecule has 7 heteroatoms. The summed E-state index contributed by atoms with van der Waals surface area (Å²) < 4.78 is 16.9. The smallest absolute Gasteiger partial charge is 0.307 e. The minimum absolute atomic E-state index is 0.114. The first-order valence-electron chi connectivity index (χ1n) is 12.0. The van der Waals surface area contributed by atoms with Gasteiger partial charge < -0.3 is 19.5 Å². The average molecular weight is 469 g/mol. The zero-order chi connectivity index (χ0) is 24.7. The number of rotatable bonds is 10. The van der Waals surface area contributed by atoms with Crippen molar-refractivity contribution in [2.24, 2.45) is 0 Å². The highest BCUT2D eigenvalue weighted by Crippen LogP contribution is 2.40. The second-order valence-corrected chi connectivity index (χ2v) is 8.46. The lowest BCUT2D eigenvalue weighted by Gasteiger charge is -2.37. The summed E-state index contributed by atoms with van der Waals surface area (Å²) in [7, 11) is 0. The van der Waals surface area contributed by atoms with Crippen molar-refractivity contribution in [3.8, 4) is 11.5 Å². The molecule has 0 aromatic heterocycles. The lowest BCUT2D eigenvalue weighted by molar-refractivity contribution is -0.145. The Bertz CT molecular complexity index is 1020. The molecule has 2 aromatic rings. The highest BCUT2D eigenvalue weighted by Gasteiger charge is 2.32. The molecule has 34 heavy (non-hydrogen) atoms. The van der Waals surface area contributed by atoms with Crippen LogP contribution in [0.25, 0.3) is 0 Å². The summed E-state index contributed by atoms with van der Waals surface area (Å²) in [5.41, 5.74) is 5.15. The van der Waals surface area contributed by atoms with Gasteiger partial charge in [0.2, 0.25) is 5.91 Å². The lowest BCUT2D eigenvalue weighted by Crippen LogP contribution is -2.41. The molecule has 1 amide bonds. The number of hydrogen-bond acceptors (Lipinski definition) is 6. The van der Waals surface area contributed by atoms with E-state index in [9.17, 15) is 9.59 Å². The van der Waals surface area contributed by atoms with Crippen LogP contribution in [0, 0.1) is 13.8 Å². The third kappa shape index (κ3) is 6.29. The standard InChI is InChI=1S/C27H36N2O5/c1-6-32-24-14-20-11-12-29(17-26(30)28-21-10-9-18(4)19(5)13-21)23(16-27(31)34-8-3)22(20)15-25(24)33-7-2/h9-10,13-15,23H,6-8,11-12,16-17H2,1-5H3,(H,28,30)/t23-/m0/s1. The number of nitrogens with zero attached hydrogens (tertiary/aromatic N) is 1. The van der Waals surface area contributed by atoms with E-state index >= 15 is 0 Å². The molecule has 2 aromatic carbocycles. The number of hydrogen-bond donors (Lipinski definition) is 1. The van der Waals surface area contributed by atoms with Crippen LogP contribution in [0.2, 0.25) is 0 Å². The van der Waals surface area contributed by atoms with Crippen LogP contribution >= 0.6 is 0 Å². The first-order chi connectivity index (χ1) is 16.4. The van der Waals surface area contributed by atoms with Gasteiger partial charge in [0.1, 0.15) is 0 Å². The summed E-state index contributed by atoms with van der Waals surface area (Å²) in [6.07, 6.45) is 0.912. The first kappa shape index (κ1) is 25.6. The number of ether oxygens (including phenoxy) is 3. The maximum atomic E-state index is 12.9. The van der Waals surface area contributed by atoms with Crippen LogP contribution in [-0.2, 0) is 20.7 Å². The van der Waals surface area contributed by atoms with Crippen molar-refractivity contribution in [2.45, 2.75) is 53.5 Å². The van der Waals surface area contributed by atoms with E-state index in [1.807, 2.05) is 62.9 Å². The molecule has 1 heterocycles. The van der Waals surface area contributed by atoms with Crippen LogP contribution in [0.1, 0.15) is 55.5 Å². The Morgan fingerprint density at radius 1 is 0.971 bits per heavy atom. The minimum Gasteiger partial charge on any atom is -0.490 e. The minimum atomic E-state index is -0.289. The molecule has 1 aliphatic heterocycles. The van der Waals surface area contributed by atoms with Crippen LogP contribution in [-0.4, -0.2) is 49.7 Å². The molecule has 0 bridgehead atoms. The van der Waals surface area contributed by atoms with E-state index in [0.717, 1.165) is 28.8 Å². The van der Waals surface area contributed by atoms with Crippen molar-refractivity contribution >= 4 is 17.6 Å². The van der Waals surface area contributed by atoms with Crippen molar-refractivity contribution in [3.63, 3.8) is 0 Å². The predicted octanol–water partition coefficient (Wildman–Crippen LogP) is 4.59. The summed E-state index contributed by atoms with van der Waals surface area (Å²) in [4.78, 5) is 27.5. The fourth-order valence-corrected chi connectivity index (χ4v) is 4.31. The van der Waals surface area contributed by atoms with E-state index in [-0.39, 0.29) is 30.9 Å². The van der Waals surface area contributed by atoms with Gasteiger partial charge in [0, 0.05) is 18.3 Å². The molecule has 0 fully saturated rings. The molecule has 0 spiro atoms. The SMILES string of the molecule is CCOC(=O)C[C@H]1c2cc(OCC)c(OCC)cc2CCN1CC(=O)Nc1ccc(C)c(C)c1. The van der Waals surface area contributed by atoms with Crippen molar-refractivity contribution < 1.29 is 23.8 Å². The van der Waals surface area contributed by atoms with E-state index in [2.05, 4.69) is 5.32 Å². The number of aryl methyl sites for hydroxylation is 2. The number of carbonyl (C=O) groups excluding carboxylic acids is 2. The van der Waals surface area contributed by atoms with Gasteiger partial charge in [0.15, 0.2) is 11.5 Å². The highest BCUT2D eigenvalue weighted by atomic mass is 16.5. The van der Waals surface area contributed by atoms with Crippen LogP contribution in [0.3, 0.4) is 0 Å². The summed E-state index contributed by atoms with van der Waals surface area (Å²) in [6.45, 7) is 11.9. The third-order valence-electron chi connectivity index (χ3n) is 6.08. The zero-order valence-corrected chi connectivity index (χ0v) is 20.9. The molecule has 0 saturated heterocycles. The quantitative estimate of drug-likeness (QED) is 0.514. The molecule has 0 radical (unpaired) electrons. The number of amides is 1. The van der Waals surface area contributed by atoms with Gasteiger partial charge in [-0.1, -0.05) is 6.07 Å². The summed E-state index contributed by atoms with van der Waals surface area (Å²) in [5, 5.41) is 3.00. The topological polar surface area (TPSA) is 77.1 Å². The van der Waals surface area contributed by atoms with E-state index in [4.69, 9.17) is 14.2 Å². The number of benzene rings is 2. The fraction of sp³-hybridized carbons (Fsp3) is 0.481. The van der Waals surface area contributed by atoms with E-state index in [0.29, 0.717) is 37.9 Å². The molecule has 1 N–H and O–H groups in total. The molecule has 0 aliphatic carbocycles. The maximum absolute atomic E-state index is 12.9. The van der Waals surface area contributed by atoms with Crippen LogP contribution in [0.5, 0.6) is 11.5 Å². The van der Waals surface area contributed by atoms with Gasteiger partial charge in [-0.2, -0.15) is 0 Å². The average Bonchev–Trinajstić information content (AvgIpc) is 2.79. The molecule has 7 nitrogen and oxygen atoms in total. The number of nitrogens with one attached hydrogen (secondary N) is 1. The Balaban J connectivity index is 1.86. The Kier molecular flexibility index (Phi) is 8.93. The molecule has 184 valence electrons. The fourth-order valence-electron chi connectivity index (χ4n) is 4.31. The van der Waals surface area contributed by atoms with Crippen molar-refractivity contribution in [2.75, 3.05) is 38.2 Å². The van der Waals surface area contributed by atoms with Crippen molar-refractivity contribution in [1.29, 1.82) is 0 Å². The molecular weight excluding hydrogens is 432 g/mol. The number of anilines is 1. The predicted molar refractivity (Wildman–Crippen MR) is 133 cm³/mol. The van der Waals surface area contributed by atoms with Crippen molar-refractivity contribution in [1.82, 2.24) is 4.90 Å². The monoisotopic (exact) mass is 468 g/mol. The molecule has 3 rings (SSSR count). The molecule has 0 saturated carbocycles. The molecule has 0 unspecified atom stereocenters. The Labute approximate surface area is 202 Å². The number of carbonyl (C=O) groups is 2. The van der Waals surface area contributed by atoms with E-state index < -0.39 is 0 Å². The highest BCUT2D eigenvalue weighted by molar-refractivity contribution is 5.92. The Morgan fingerprint density at radius 3 is 2.32 bits per heavy atom. The largest absolute Gasteiger partial charge is 0.490 e. The van der Waals surface area contributed by atoms with Crippen LogP contribution in [0.15, 0.2) is 30.3 Å². The number of fused-ring (bicyclic) bond motifs is 1. The normalized spacial score (nSPS) is 15.4. The molecular formula is C27H36N2O5. The van der Waals surface area contributed by atoms with Gasteiger partial charge in [0.05, 0.1) is 32.8 Å².